The van der Waals surface area contributed by atoms with E-state index >= 15 is 0 Å². The van der Waals surface area contributed by atoms with Crippen LogP contribution >= 0.6 is 0 Å². The Kier molecular flexibility index (Phi) is 7.01. The maximum atomic E-state index is 11.8. The highest BCUT2D eigenvalue weighted by Crippen LogP contribution is 2.03. The summed E-state index contributed by atoms with van der Waals surface area (Å²) in [4.78, 5) is 17.1. The summed E-state index contributed by atoms with van der Waals surface area (Å²) in [6.45, 7) is 2.01. The Morgan fingerprint density at radius 2 is 1.61 bits per heavy atom. The molecule has 0 heterocycles. The molecule has 0 saturated heterocycles. The maximum absolute atomic E-state index is 11.8. The summed E-state index contributed by atoms with van der Waals surface area (Å²) in [5, 5.41) is 1.54. The maximum Gasteiger partial charge on any atom is 0.357 e. The fourth-order valence-electron chi connectivity index (χ4n) is 1.33. The van der Waals surface area contributed by atoms with Gasteiger partial charge in [-0.1, -0.05) is 18.2 Å². The molecule has 18 heavy (non-hydrogen) atoms. The molecule has 0 aliphatic rings. The number of ether oxygens (including phenoxy) is 2. The predicted octanol–water partition coefficient (Wildman–Crippen LogP) is 1.35. The monoisotopic (exact) mass is 253 g/mol. The molecule has 5 heteroatoms. The second-order valence-corrected chi connectivity index (χ2v) is 3.66. The minimum absolute atomic E-state index is 0.372. The molecule has 0 bridgehead atoms. The van der Waals surface area contributed by atoms with Crippen LogP contribution in [-0.2, 0) is 14.3 Å². The lowest BCUT2D eigenvalue weighted by Crippen LogP contribution is -2.33. The molecule has 0 amide bonds. The van der Waals surface area contributed by atoms with Crippen LogP contribution in [0.4, 0.5) is 0 Å². The number of hydrogen-bond donors (Lipinski definition) is 0. The summed E-state index contributed by atoms with van der Waals surface area (Å²) in [5.74, 6) is -0.372. The quantitative estimate of drug-likeness (QED) is 0.655. The number of hydrogen-bond acceptors (Lipinski definition) is 5. The topological polar surface area (TPSA) is 48.0 Å². The molecule has 0 unspecified atom stereocenters. The van der Waals surface area contributed by atoms with Gasteiger partial charge in [-0.2, -0.15) is 0 Å². The zero-order valence-electron chi connectivity index (χ0n) is 10.8. The molecule has 0 aliphatic carbocycles. The van der Waals surface area contributed by atoms with E-state index in [-0.39, 0.29) is 5.97 Å². The third-order valence-corrected chi connectivity index (χ3v) is 2.31. The highest BCUT2D eigenvalue weighted by Gasteiger charge is 2.13. The van der Waals surface area contributed by atoms with E-state index in [0.717, 1.165) is 0 Å². The van der Waals surface area contributed by atoms with Gasteiger partial charge in [-0.05, 0) is 12.1 Å². The number of carbonyl (C=O) groups is 1. The highest BCUT2D eigenvalue weighted by molar-refractivity contribution is 5.89. The molecule has 1 aromatic carbocycles. The summed E-state index contributed by atoms with van der Waals surface area (Å²) in [6, 6.07) is 8.88. The fourth-order valence-corrected chi connectivity index (χ4v) is 1.33. The lowest BCUT2D eigenvalue weighted by molar-refractivity contribution is -0.124. The number of nitrogens with zero attached hydrogens (tertiary/aromatic N) is 1. The van der Waals surface area contributed by atoms with E-state index in [1.54, 1.807) is 43.5 Å². The minimum Gasteiger partial charge on any atom is -0.383 e. The lowest BCUT2D eigenvalue weighted by Gasteiger charge is -2.20. The van der Waals surface area contributed by atoms with Crippen LogP contribution in [0, 0.1) is 0 Å². The normalized spacial score (nSPS) is 10.6. The molecule has 5 nitrogen and oxygen atoms in total. The third-order valence-electron chi connectivity index (χ3n) is 2.31. The van der Waals surface area contributed by atoms with Crippen molar-refractivity contribution < 1.29 is 19.1 Å². The molecular formula is C13H19NO4. The van der Waals surface area contributed by atoms with Crippen LogP contribution in [0.15, 0.2) is 30.3 Å². The van der Waals surface area contributed by atoms with E-state index < -0.39 is 0 Å². The van der Waals surface area contributed by atoms with Gasteiger partial charge in [-0.25, -0.2) is 4.79 Å². The zero-order valence-corrected chi connectivity index (χ0v) is 10.8. The number of hydroxylamine groups is 2. The smallest absolute Gasteiger partial charge is 0.357 e. The Morgan fingerprint density at radius 3 is 2.11 bits per heavy atom. The summed E-state index contributed by atoms with van der Waals surface area (Å²) < 4.78 is 9.93. The van der Waals surface area contributed by atoms with Crippen LogP contribution < -0.4 is 0 Å². The van der Waals surface area contributed by atoms with Crippen LogP contribution in [0.2, 0.25) is 0 Å². The third kappa shape index (κ3) is 5.27. The van der Waals surface area contributed by atoms with Gasteiger partial charge >= 0.3 is 5.97 Å². The van der Waals surface area contributed by atoms with Crippen LogP contribution in [0.3, 0.4) is 0 Å². The van der Waals surface area contributed by atoms with Gasteiger partial charge < -0.3 is 14.3 Å². The first-order valence-corrected chi connectivity index (χ1v) is 5.78. The van der Waals surface area contributed by atoms with Crippen molar-refractivity contribution in [3.63, 3.8) is 0 Å². The zero-order chi connectivity index (χ0) is 13.2. The molecule has 1 aromatic rings. The molecule has 0 fully saturated rings. The summed E-state index contributed by atoms with van der Waals surface area (Å²) in [5.41, 5.74) is 0.525. The van der Waals surface area contributed by atoms with Crippen molar-refractivity contribution >= 4 is 5.97 Å². The molecule has 0 aromatic heterocycles. The summed E-state index contributed by atoms with van der Waals surface area (Å²) in [6.07, 6.45) is 0. The standard InChI is InChI=1S/C13H19NO4/c1-16-10-8-14(9-11-17-2)18-13(15)12-6-4-3-5-7-12/h3-7H,8-11H2,1-2H3. The van der Waals surface area contributed by atoms with Crippen LogP contribution in [0.1, 0.15) is 10.4 Å². The molecule has 1 rings (SSSR count). The first-order valence-electron chi connectivity index (χ1n) is 5.78. The molecule has 0 radical (unpaired) electrons. The SMILES string of the molecule is COCCN(CCOC)OC(=O)c1ccccc1. The van der Waals surface area contributed by atoms with E-state index in [2.05, 4.69) is 0 Å². The van der Waals surface area contributed by atoms with Crippen molar-refractivity contribution in [1.82, 2.24) is 5.06 Å². The molecule has 0 saturated carbocycles. The van der Waals surface area contributed by atoms with Crippen molar-refractivity contribution in [2.45, 2.75) is 0 Å². The number of rotatable bonds is 8. The fraction of sp³-hybridized carbons (Fsp3) is 0.462. The first-order chi connectivity index (χ1) is 8.77. The van der Waals surface area contributed by atoms with Gasteiger partial charge in [0.15, 0.2) is 0 Å². The van der Waals surface area contributed by atoms with Crippen molar-refractivity contribution in [3.05, 3.63) is 35.9 Å². The second-order valence-electron chi connectivity index (χ2n) is 3.66. The van der Waals surface area contributed by atoms with Gasteiger partial charge in [0, 0.05) is 14.2 Å². The molecule has 0 N–H and O–H groups in total. The Morgan fingerprint density at radius 1 is 1.06 bits per heavy atom. The highest BCUT2D eigenvalue weighted by atomic mass is 16.7. The van der Waals surface area contributed by atoms with Crippen LogP contribution in [0.5, 0.6) is 0 Å². The summed E-state index contributed by atoms with van der Waals surface area (Å²) >= 11 is 0. The van der Waals surface area contributed by atoms with E-state index in [4.69, 9.17) is 14.3 Å². The minimum atomic E-state index is -0.372. The van der Waals surface area contributed by atoms with E-state index in [9.17, 15) is 4.79 Å². The Bertz CT molecular complexity index is 334. The molecular weight excluding hydrogens is 234 g/mol. The predicted molar refractivity (Wildman–Crippen MR) is 67.2 cm³/mol. The molecule has 0 aliphatic heterocycles. The van der Waals surface area contributed by atoms with Crippen molar-refractivity contribution in [2.24, 2.45) is 0 Å². The van der Waals surface area contributed by atoms with Crippen molar-refractivity contribution in [2.75, 3.05) is 40.5 Å². The van der Waals surface area contributed by atoms with Crippen molar-refractivity contribution in [1.29, 1.82) is 0 Å². The number of benzene rings is 1. The van der Waals surface area contributed by atoms with Crippen LogP contribution in [-0.4, -0.2) is 51.6 Å². The van der Waals surface area contributed by atoms with Gasteiger partial charge in [0.25, 0.3) is 0 Å². The molecule has 0 atom stereocenters. The van der Waals surface area contributed by atoms with Gasteiger partial charge in [0.2, 0.25) is 0 Å². The summed E-state index contributed by atoms with van der Waals surface area (Å²) in [7, 11) is 3.21. The Hall–Kier alpha value is -1.43. The number of carbonyl (C=O) groups excluding carboxylic acids is 1. The first kappa shape index (κ1) is 14.6. The molecule has 0 spiro atoms. The Balaban J connectivity index is 2.50. The largest absolute Gasteiger partial charge is 0.383 e. The van der Waals surface area contributed by atoms with Gasteiger partial charge in [0.1, 0.15) is 0 Å². The molecule has 100 valence electrons. The van der Waals surface area contributed by atoms with Gasteiger partial charge in [-0.15, -0.1) is 5.06 Å². The average Bonchev–Trinajstić information content (AvgIpc) is 2.42. The Labute approximate surface area is 107 Å². The van der Waals surface area contributed by atoms with Gasteiger partial charge in [-0.3, -0.25) is 0 Å². The van der Waals surface area contributed by atoms with E-state index in [1.807, 2.05) is 6.07 Å². The average molecular weight is 253 g/mol. The lowest BCUT2D eigenvalue weighted by atomic mass is 10.2. The second kappa shape index (κ2) is 8.63. The number of methoxy groups -OCH3 is 2. The van der Waals surface area contributed by atoms with Crippen LogP contribution in [0.25, 0.3) is 0 Å². The van der Waals surface area contributed by atoms with Crippen molar-refractivity contribution in [3.8, 4) is 0 Å². The van der Waals surface area contributed by atoms with Gasteiger partial charge in [0.05, 0.1) is 31.9 Å². The van der Waals surface area contributed by atoms with E-state index in [0.29, 0.717) is 31.9 Å². The van der Waals surface area contributed by atoms with E-state index in [1.165, 1.54) is 0 Å².